The topological polar surface area (TPSA) is 108 Å². The number of aromatic nitrogens is 5. The Morgan fingerprint density at radius 3 is 2.91 bits per heavy atom. The summed E-state index contributed by atoms with van der Waals surface area (Å²) in [5.74, 6) is 0.0978. The van der Waals surface area contributed by atoms with E-state index in [0.717, 1.165) is 6.42 Å². The Kier molecular flexibility index (Phi) is 5.42. The second-order valence-electron chi connectivity index (χ2n) is 7.30. The molecule has 5 rings (SSSR count). The van der Waals surface area contributed by atoms with E-state index in [9.17, 15) is 9.18 Å². The molecule has 10 heteroatoms. The molecule has 0 aliphatic carbocycles. The largest absolute Gasteiger partial charge is 0.368 e. The maximum atomic E-state index is 14.2. The molecule has 4 aromatic rings. The summed E-state index contributed by atoms with van der Waals surface area (Å²) in [6.45, 7) is 0.766. The number of ether oxygens (including phenoxy) is 1. The van der Waals surface area contributed by atoms with E-state index in [1.54, 1.807) is 47.3 Å². The first-order valence-corrected chi connectivity index (χ1v) is 10.2. The van der Waals surface area contributed by atoms with Gasteiger partial charge in [-0.25, -0.2) is 14.4 Å². The van der Waals surface area contributed by atoms with Crippen molar-refractivity contribution < 1.29 is 18.4 Å². The molecule has 3 aromatic heterocycles. The summed E-state index contributed by atoms with van der Waals surface area (Å²) in [6, 6.07) is 11.5. The summed E-state index contributed by atoms with van der Waals surface area (Å²) >= 11 is 0. The highest BCUT2D eigenvalue weighted by Gasteiger charge is 2.24. The van der Waals surface area contributed by atoms with Crippen LogP contribution in [0.25, 0.3) is 22.9 Å². The molecule has 1 aliphatic heterocycles. The van der Waals surface area contributed by atoms with E-state index in [0.29, 0.717) is 47.3 Å². The number of hydrogen-bond acceptors (Lipinski definition) is 7. The summed E-state index contributed by atoms with van der Waals surface area (Å²) in [7, 11) is 0. The molecule has 1 N–H and O–H groups in total. The molecular formula is C22H19FN6O3. The van der Waals surface area contributed by atoms with Gasteiger partial charge in [-0.1, -0.05) is 23.4 Å². The highest BCUT2D eigenvalue weighted by molar-refractivity contribution is 5.93. The van der Waals surface area contributed by atoms with Crippen LogP contribution in [0.5, 0.6) is 0 Å². The number of nitrogens with zero attached hydrogens (tertiary/aromatic N) is 5. The van der Waals surface area contributed by atoms with Gasteiger partial charge in [0.05, 0.1) is 12.2 Å². The first kappa shape index (κ1) is 20.0. The lowest BCUT2D eigenvalue weighted by Gasteiger charge is -2.09. The van der Waals surface area contributed by atoms with E-state index in [-0.39, 0.29) is 18.3 Å². The lowest BCUT2D eigenvalue weighted by Crippen LogP contribution is -2.27. The molecule has 0 spiro atoms. The van der Waals surface area contributed by atoms with Gasteiger partial charge in [-0.3, -0.25) is 9.48 Å². The van der Waals surface area contributed by atoms with Gasteiger partial charge in [0, 0.05) is 24.4 Å². The second-order valence-corrected chi connectivity index (χ2v) is 7.30. The van der Waals surface area contributed by atoms with Gasteiger partial charge in [0.2, 0.25) is 0 Å². The Morgan fingerprint density at radius 2 is 2.12 bits per heavy atom. The van der Waals surface area contributed by atoms with Crippen LogP contribution in [-0.4, -0.2) is 43.5 Å². The molecule has 1 atom stereocenters. The second kappa shape index (κ2) is 8.67. The highest BCUT2D eigenvalue weighted by atomic mass is 19.1. The van der Waals surface area contributed by atoms with E-state index in [1.807, 2.05) is 0 Å². The Morgan fingerprint density at radius 1 is 1.22 bits per heavy atom. The molecule has 162 valence electrons. The molecular weight excluding hydrogens is 415 g/mol. The fourth-order valence-corrected chi connectivity index (χ4v) is 3.53. The van der Waals surface area contributed by atoms with Crippen LogP contribution in [0.2, 0.25) is 0 Å². The van der Waals surface area contributed by atoms with Crippen LogP contribution in [-0.2, 0) is 16.1 Å². The molecule has 0 bridgehead atoms. The number of halogens is 1. The van der Waals surface area contributed by atoms with Gasteiger partial charge in [-0.2, -0.15) is 5.10 Å². The van der Waals surface area contributed by atoms with Crippen LogP contribution in [0.15, 0.2) is 59.4 Å². The van der Waals surface area contributed by atoms with Crippen LogP contribution in [0.4, 0.5) is 10.2 Å². The molecule has 4 heterocycles. The molecule has 1 aliphatic rings. The lowest BCUT2D eigenvalue weighted by atomic mass is 10.2. The minimum Gasteiger partial charge on any atom is -0.368 e. The zero-order valence-corrected chi connectivity index (χ0v) is 16.9. The van der Waals surface area contributed by atoms with Crippen molar-refractivity contribution in [1.82, 2.24) is 24.9 Å². The van der Waals surface area contributed by atoms with Crippen molar-refractivity contribution in [2.24, 2.45) is 0 Å². The van der Waals surface area contributed by atoms with Gasteiger partial charge in [0.15, 0.2) is 5.82 Å². The molecule has 1 aromatic carbocycles. The maximum absolute atomic E-state index is 14.2. The number of amides is 1. The van der Waals surface area contributed by atoms with E-state index >= 15 is 0 Å². The molecule has 0 radical (unpaired) electrons. The molecule has 32 heavy (non-hydrogen) atoms. The van der Waals surface area contributed by atoms with Gasteiger partial charge in [0.1, 0.15) is 35.4 Å². The number of carbonyl (C=O) groups is 1. The van der Waals surface area contributed by atoms with Gasteiger partial charge in [-0.05, 0) is 31.0 Å². The monoisotopic (exact) mass is 434 g/mol. The number of rotatable bonds is 6. The third-order valence-electron chi connectivity index (χ3n) is 5.12. The van der Waals surface area contributed by atoms with Gasteiger partial charge in [-0.15, -0.1) is 0 Å². The molecule has 1 fully saturated rings. The van der Waals surface area contributed by atoms with Gasteiger partial charge >= 0.3 is 0 Å². The van der Waals surface area contributed by atoms with Crippen molar-refractivity contribution in [3.63, 3.8) is 0 Å². The fraction of sp³-hybridized carbons (Fsp3) is 0.227. The van der Waals surface area contributed by atoms with Crippen LogP contribution in [0.1, 0.15) is 18.4 Å². The van der Waals surface area contributed by atoms with Crippen LogP contribution < -0.4 is 5.32 Å². The highest BCUT2D eigenvalue weighted by Crippen LogP contribution is 2.25. The van der Waals surface area contributed by atoms with Crippen LogP contribution in [0.3, 0.4) is 0 Å². The number of hydrogen-bond donors (Lipinski definition) is 1. The van der Waals surface area contributed by atoms with Crippen molar-refractivity contribution in [2.75, 3.05) is 11.9 Å². The zero-order valence-electron chi connectivity index (χ0n) is 16.9. The lowest BCUT2D eigenvalue weighted by molar-refractivity contribution is -0.124. The van der Waals surface area contributed by atoms with E-state index in [4.69, 9.17) is 9.26 Å². The third kappa shape index (κ3) is 4.12. The number of benzene rings is 1. The minimum absolute atomic E-state index is 0.185. The molecule has 1 unspecified atom stereocenters. The van der Waals surface area contributed by atoms with Crippen molar-refractivity contribution in [2.45, 2.75) is 25.5 Å². The summed E-state index contributed by atoms with van der Waals surface area (Å²) in [5.41, 5.74) is 2.09. The van der Waals surface area contributed by atoms with Crippen molar-refractivity contribution >= 4 is 11.7 Å². The Labute approximate surface area is 182 Å². The Balaban J connectivity index is 1.46. The van der Waals surface area contributed by atoms with E-state index in [2.05, 4.69) is 25.5 Å². The minimum atomic E-state index is -0.466. The van der Waals surface area contributed by atoms with Crippen molar-refractivity contribution in [3.8, 4) is 22.9 Å². The average molecular weight is 434 g/mol. The van der Waals surface area contributed by atoms with Crippen LogP contribution >= 0.6 is 0 Å². The van der Waals surface area contributed by atoms with E-state index < -0.39 is 6.10 Å². The quantitative estimate of drug-likeness (QED) is 0.496. The van der Waals surface area contributed by atoms with Crippen molar-refractivity contribution in [1.29, 1.82) is 0 Å². The summed E-state index contributed by atoms with van der Waals surface area (Å²) in [4.78, 5) is 21.1. The maximum Gasteiger partial charge on any atom is 0.254 e. The molecule has 1 amide bonds. The number of anilines is 1. The predicted octanol–water partition coefficient (Wildman–Crippen LogP) is 3.30. The van der Waals surface area contributed by atoms with E-state index in [1.165, 1.54) is 12.3 Å². The van der Waals surface area contributed by atoms with Crippen LogP contribution in [0, 0.1) is 5.82 Å². The fourth-order valence-electron chi connectivity index (χ4n) is 3.53. The van der Waals surface area contributed by atoms with Gasteiger partial charge < -0.3 is 14.6 Å². The van der Waals surface area contributed by atoms with Gasteiger partial charge in [0.25, 0.3) is 5.91 Å². The standard InChI is InChI=1S/C22H19FN6O3/c23-15-5-2-1-4-14(15)13-29-18(16-8-11-32-28-16)12-17(27-29)21-24-9-7-20(25-21)26-22(30)19-6-3-10-31-19/h1-2,4-5,7-9,11-12,19H,3,6,10,13H2,(H,24,25,26,30). The molecule has 0 saturated carbocycles. The zero-order chi connectivity index (χ0) is 21.9. The SMILES string of the molecule is O=C(Nc1ccnc(-c2cc(-c3ccon3)n(Cc3ccccc3F)n2)n1)C1CCCO1. The molecule has 1 saturated heterocycles. The third-order valence-corrected chi connectivity index (χ3v) is 5.12. The average Bonchev–Trinajstić information content (AvgIpc) is 3.57. The smallest absolute Gasteiger partial charge is 0.254 e. The normalized spacial score (nSPS) is 15.7. The van der Waals surface area contributed by atoms with Crippen molar-refractivity contribution in [3.05, 3.63) is 66.3 Å². The predicted molar refractivity (Wildman–Crippen MR) is 112 cm³/mol. The number of carbonyl (C=O) groups excluding carboxylic acids is 1. The summed E-state index contributed by atoms with van der Waals surface area (Å²) in [6.07, 6.45) is 4.07. The number of nitrogens with one attached hydrogen (secondary N) is 1. The Bertz CT molecular complexity index is 1230. The molecule has 9 nitrogen and oxygen atoms in total. The first-order valence-electron chi connectivity index (χ1n) is 10.2. The summed E-state index contributed by atoms with van der Waals surface area (Å²) in [5, 5.41) is 11.3. The first-order chi connectivity index (χ1) is 15.7. The Hall–Kier alpha value is -3.92. The summed E-state index contributed by atoms with van der Waals surface area (Å²) < 4.78 is 26.2.